The fourth-order valence-electron chi connectivity index (χ4n) is 2.80. The summed E-state index contributed by atoms with van der Waals surface area (Å²) in [5.74, 6) is 0.458. The maximum atomic E-state index is 11.6. The molecule has 1 aliphatic rings. The van der Waals surface area contributed by atoms with Gasteiger partial charge in [0, 0.05) is 11.1 Å². The van der Waals surface area contributed by atoms with Gasteiger partial charge in [0.1, 0.15) is 12.4 Å². The van der Waals surface area contributed by atoms with Crippen LogP contribution >= 0.6 is 0 Å². The molecule has 0 bridgehead atoms. The molecule has 0 saturated heterocycles. The second-order valence-corrected chi connectivity index (χ2v) is 6.78. The summed E-state index contributed by atoms with van der Waals surface area (Å²) in [7, 11) is 0. The van der Waals surface area contributed by atoms with E-state index in [1.54, 1.807) is 31.2 Å². The highest BCUT2D eigenvalue weighted by Gasteiger charge is 2.25. The van der Waals surface area contributed by atoms with Crippen molar-refractivity contribution in [1.82, 2.24) is 5.16 Å². The highest BCUT2D eigenvalue weighted by atomic mass is 16.6. The van der Waals surface area contributed by atoms with Crippen LogP contribution in [-0.2, 0) is 21.0 Å². The Labute approximate surface area is 163 Å². The monoisotopic (exact) mass is 384 g/mol. The molecular formula is C21H24N2O5. The van der Waals surface area contributed by atoms with Crippen molar-refractivity contribution in [2.45, 2.75) is 40.2 Å². The van der Waals surface area contributed by atoms with Crippen molar-refractivity contribution in [3.63, 3.8) is 0 Å². The Hall–Kier alpha value is -3.09. The molecule has 0 atom stereocenters. The molecule has 1 aromatic carbocycles. The summed E-state index contributed by atoms with van der Waals surface area (Å²) in [6.07, 6.45) is 3.82. The molecule has 1 saturated carbocycles. The molecule has 148 valence electrons. The largest absolute Gasteiger partial charge is 0.478 e. The van der Waals surface area contributed by atoms with E-state index in [-0.39, 0.29) is 18.1 Å². The number of hydrogen-bond acceptors (Lipinski definition) is 6. The summed E-state index contributed by atoms with van der Waals surface area (Å²) in [4.78, 5) is 17.2. The number of carboxylic acid groups (broad SMARTS) is 1. The van der Waals surface area contributed by atoms with E-state index in [2.05, 4.69) is 10.3 Å². The fraction of sp³-hybridized carbons (Fsp3) is 0.381. The Bertz CT molecular complexity index is 890. The molecule has 2 aromatic rings. The van der Waals surface area contributed by atoms with E-state index in [9.17, 15) is 9.90 Å². The van der Waals surface area contributed by atoms with Crippen molar-refractivity contribution >= 4 is 17.4 Å². The Morgan fingerprint density at radius 3 is 2.61 bits per heavy atom. The minimum Gasteiger partial charge on any atom is -0.478 e. The number of rotatable bonds is 8. The molecule has 0 aliphatic heterocycles. The van der Waals surface area contributed by atoms with Gasteiger partial charge in [-0.3, -0.25) is 0 Å². The minimum absolute atomic E-state index is 0.184. The number of aliphatic carboxylic acids is 1. The average molecular weight is 384 g/mol. The maximum absolute atomic E-state index is 11.6. The first kappa shape index (κ1) is 19.7. The van der Waals surface area contributed by atoms with E-state index in [0.717, 1.165) is 24.1 Å². The van der Waals surface area contributed by atoms with Crippen LogP contribution in [0.15, 0.2) is 40.0 Å². The topological polar surface area (TPSA) is 94.2 Å². The summed E-state index contributed by atoms with van der Waals surface area (Å²) < 4.78 is 11.0. The van der Waals surface area contributed by atoms with Gasteiger partial charge in [0.05, 0.1) is 23.4 Å². The van der Waals surface area contributed by atoms with Gasteiger partial charge in [-0.05, 0) is 50.8 Å². The van der Waals surface area contributed by atoms with Gasteiger partial charge in [-0.1, -0.05) is 29.4 Å². The van der Waals surface area contributed by atoms with Crippen molar-refractivity contribution in [2.24, 2.45) is 11.1 Å². The van der Waals surface area contributed by atoms with Gasteiger partial charge in [-0.25, -0.2) is 4.79 Å². The van der Waals surface area contributed by atoms with Crippen LogP contribution in [0.3, 0.4) is 0 Å². The third kappa shape index (κ3) is 4.60. The zero-order valence-corrected chi connectivity index (χ0v) is 16.3. The number of aryl methyl sites for hydroxylation is 2. The highest BCUT2D eigenvalue weighted by Crippen LogP contribution is 2.30. The van der Waals surface area contributed by atoms with Gasteiger partial charge >= 0.3 is 5.97 Å². The predicted octanol–water partition coefficient (Wildman–Crippen LogP) is 4.08. The van der Waals surface area contributed by atoms with Crippen LogP contribution in [0.1, 0.15) is 47.9 Å². The van der Waals surface area contributed by atoms with E-state index >= 15 is 0 Å². The molecule has 7 heteroatoms. The maximum Gasteiger partial charge on any atom is 0.335 e. The first-order valence-electron chi connectivity index (χ1n) is 9.25. The second kappa shape index (κ2) is 8.73. The van der Waals surface area contributed by atoms with Gasteiger partial charge in [-0.2, -0.15) is 0 Å². The average Bonchev–Trinajstić information content (AvgIpc) is 3.45. The van der Waals surface area contributed by atoms with E-state index in [0.29, 0.717) is 29.4 Å². The lowest BCUT2D eigenvalue weighted by atomic mass is 9.99. The number of oxime groups is 1. The summed E-state index contributed by atoms with van der Waals surface area (Å²) in [6.45, 7) is 6.06. The molecule has 1 heterocycles. The molecule has 0 unspecified atom stereocenters. The van der Waals surface area contributed by atoms with Gasteiger partial charge < -0.3 is 19.2 Å². The van der Waals surface area contributed by atoms with E-state index in [1.807, 2.05) is 19.9 Å². The van der Waals surface area contributed by atoms with Crippen LogP contribution in [0.5, 0.6) is 0 Å². The van der Waals surface area contributed by atoms with E-state index < -0.39 is 5.97 Å². The Kier molecular flexibility index (Phi) is 6.13. The summed E-state index contributed by atoms with van der Waals surface area (Å²) in [6, 6.07) is 7.13. The number of allylic oxidation sites excluding steroid dienone is 1. The molecule has 1 fully saturated rings. The van der Waals surface area contributed by atoms with Crippen LogP contribution in [0.2, 0.25) is 0 Å². The first-order valence-corrected chi connectivity index (χ1v) is 9.25. The SMILES string of the molecule is C/C=C(/C(=O)O)c1ccccc1/C(=N\OCc1c(C)noc1C)OCC1CC1. The lowest BCUT2D eigenvalue weighted by molar-refractivity contribution is -0.130. The molecule has 1 N–H and O–H groups in total. The van der Waals surface area contributed by atoms with Gasteiger partial charge in [0.25, 0.3) is 5.90 Å². The fourth-order valence-corrected chi connectivity index (χ4v) is 2.80. The number of carboxylic acids is 1. The molecule has 7 nitrogen and oxygen atoms in total. The molecule has 28 heavy (non-hydrogen) atoms. The molecule has 0 spiro atoms. The molecule has 1 aromatic heterocycles. The number of nitrogens with zero attached hydrogens (tertiary/aromatic N) is 2. The lowest BCUT2D eigenvalue weighted by Gasteiger charge is -2.13. The van der Waals surface area contributed by atoms with Crippen molar-refractivity contribution in [2.75, 3.05) is 6.61 Å². The van der Waals surface area contributed by atoms with Crippen LogP contribution in [0.25, 0.3) is 5.57 Å². The highest BCUT2D eigenvalue weighted by molar-refractivity contribution is 6.18. The van der Waals surface area contributed by atoms with E-state index in [1.165, 1.54) is 0 Å². The normalized spacial score (nSPS) is 14.8. The Balaban J connectivity index is 1.88. The summed E-state index contributed by atoms with van der Waals surface area (Å²) in [5, 5.41) is 17.6. The third-order valence-corrected chi connectivity index (χ3v) is 4.66. The van der Waals surface area contributed by atoms with Crippen LogP contribution < -0.4 is 0 Å². The summed E-state index contributed by atoms with van der Waals surface area (Å²) >= 11 is 0. The molecule has 3 rings (SSSR count). The Morgan fingerprint density at radius 2 is 2.04 bits per heavy atom. The van der Waals surface area contributed by atoms with Crippen molar-refractivity contribution < 1.29 is 24.0 Å². The standard InChI is InChI=1S/C21H24N2O5/c1-4-16(21(24)25)17-7-5-6-8-18(17)20(26-11-15-9-10-15)23-27-12-19-13(2)22-28-14(19)3/h4-8,15H,9-12H2,1-3H3,(H,24,25)/b16-4+,23-20+. The second-order valence-electron chi connectivity index (χ2n) is 6.78. The number of carbonyl (C=O) groups is 1. The van der Waals surface area contributed by atoms with Gasteiger partial charge in [0.15, 0.2) is 0 Å². The number of benzene rings is 1. The van der Waals surface area contributed by atoms with Crippen molar-refractivity contribution in [3.05, 3.63) is 58.5 Å². The molecule has 0 radical (unpaired) electrons. The molecule has 1 aliphatic carbocycles. The number of aromatic nitrogens is 1. The number of ether oxygens (including phenoxy) is 1. The number of hydrogen-bond donors (Lipinski definition) is 1. The molecular weight excluding hydrogens is 360 g/mol. The summed E-state index contributed by atoms with van der Waals surface area (Å²) in [5.41, 5.74) is 2.88. The third-order valence-electron chi connectivity index (χ3n) is 4.66. The predicted molar refractivity (Wildman–Crippen MR) is 104 cm³/mol. The zero-order chi connectivity index (χ0) is 20.1. The minimum atomic E-state index is -1.01. The Morgan fingerprint density at radius 1 is 1.32 bits per heavy atom. The van der Waals surface area contributed by atoms with Gasteiger partial charge in [-0.15, -0.1) is 0 Å². The van der Waals surface area contributed by atoms with Crippen LogP contribution in [0, 0.1) is 19.8 Å². The van der Waals surface area contributed by atoms with Crippen molar-refractivity contribution in [1.29, 1.82) is 0 Å². The lowest BCUT2D eigenvalue weighted by Crippen LogP contribution is -2.14. The van der Waals surface area contributed by atoms with E-state index in [4.69, 9.17) is 14.1 Å². The quantitative estimate of drug-likeness (QED) is 0.319. The molecule has 0 amide bonds. The van der Waals surface area contributed by atoms with Crippen LogP contribution in [0.4, 0.5) is 0 Å². The zero-order valence-electron chi connectivity index (χ0n) is 16.3. The van der Waals surface area contributed by atoms with Crippen LogP contribution in [-0.4, -0.2) is 28.7 Å². The first-order chi connectivity index (χ1) is 13.5. The van der Waals surface area contributed by atoms with Gasteiger partial charge in [0.2, 0.25) is 0 Å². The van der Waals surface area contributed by atoms with Crippen molar-refractivity contribution in [3.8, 4) is 0 Å². The smallest absolute Gasteiger partial charge is 0.335 e.